The Labute approximate surface area is 104 Å². The largest absolute Gasteiger partial charge is 0.310 e. The van der Waals surface area contributed by atoms with Crippen LogP contribution < -0.4 is 5.32 Å². The maximum Gasteiger partial charge on any atom is 0.230 e. The zero-order valence-electron chi connectivity index (χ0n) is 11.6. The van der Waals surface area contributed by atoms with Crippen molar-refractivity contribution >= 4 is 11.7 Å². The second-order valence-corrected chi connectivity index (χ2v) is 6.36. The number of hydrogen-bond donors (Lipinski definition) is 1. The topological polar surface area (TPSA) is 42.0 Å². The third kappa shape index (κ3) is 3.84. The molecule has 0 aliphatic heterocycles. The Morgan fingerprint density at radius 2 is 1.71 bits per heavy atom. The molecule has 94 valence electrons. The Morgan fingerprint density at radius 1 is 1.12 bits per heavy atom. The summed E-state index contributed by atoms with van der Waals surface area (Å²) in [6, 6.07) is 5.72. The van der Waals surface area contributed by atoms with E-state index in [0.29, 0.717) is 5.82 Å². The molecule has 1 aromatic rings. The van der Waals surface area contributed by atoms with Crippen molar-refractivity contribution in [3.05, 3.63) is 23.9 Å². The van der Waals surface area contributed by atoms with Gasteiger partial charge >= 0.3 is 0 Å². The van der Waals surface area contributed by atoms with Crippen molar-refractivity contribution < 1.29 is 4.79 Å². The summed E-state index contributed by atoms with van der Waals surface area (Å²) < 4.78 is 0. The summed E-state index contributed by atoms with van der Waals surface area (Å²) in [5.41, 5.74) is 0.561. The molecule has 0 radical (unpaired) electrons. The molecule has 3 heteroatoms. The minimum absolute atomic E-state index is 0.0114. The van der Waals surface area contributed by atoms with Gasteiger partial charge in [-0.15, -0.1) is 0 Å². The lowest BCUT2D eigenvalue weighted by Gasteiger charge is -2.20. The third-order valence-corrected chi connectivity index (χ3v) is 2.44. The quantitative estimate of drug-likeness (QED) is 0.809. The summed E-state index contributed by atoms with van der Waals surface area (Å²) in [7, 11) is 0. The fourth-order valence-corrected chi connectivity index (χ4v) is 1.23. The Balaban J connectivity index is 2.91. The van der Waals surface area contributed by atoms with E-state index in [0.717, 1.165) is 5.69 Å². The first-order valence-corrected chi connectivity index (χ1v) is 5.90. The number of amides is 1. The molecule has 0 spiro atoms. The summed E-state index contributed by atoms with van der Waals surface area (Å²) in [5.74, 6) is 0.605. The van der Waals surface area contributed by atoms with Crippen molar-refractivity contribution in [3.63, 3.8) is 0 Å². The van der Waals surface area contributed by atoms with Crippen LogP contribution in [0.2, 0.25) is 0 Å². The van der Waals surface area contributed by atoms with Gasteiger partial charge in [-0.05, 0) is 12.1 Å². The SMILES string of the molecule is CC(C)(C)C(=O)Nc1cccc(C(C)(C)C)n1. The molecule has 0 unspecified atom stereocenters. The number of pyridine rings is 1. The monoisotopic (exact) mass is 234 g/mol. The molecule has 0 atom stereocenters. The summed E-state index contributed by atoms with van der Waals surface area (Å²) in [5, 5.41) is 2.84. The van der Waals surface area contributed by atoms with Gasteiger partial charge in [0.05, 0.1) is 0 Å². The Kier molecular flexibility index (Phi) is 3.60. The highest BCUT2D eigenvalue weighted by Crippen LogP contribution is 2.22. The average Bonchev–Trinajstić information content (AvgIpc) is 2.15. The fraction of sp³-hybridized carbons (Fsp3) is 0.571. The van der Waals surface area contributed by atoms with Crippen LogP contribution in [0, 0.1) is 5.41 Å². The van der Waals surface area contributed by atoms with Crippen molar-refractivity contribution in [1.82, 2.24) is 4.98 Å². The smallest absolute Gasteiger partial charge is 0.230 e. The highest BCUT2D eigenvalue weighted by molar-refractivity contribution is 5.93. The van der Waals surface area contributed by atoms with Crippen LogP contribution in [0.5, 0.6) is 0 Å². The van der Waals surface area contributed by atoms with Crippen LogP contribution >= 0.6 is 0 Å². The summed E-state index contributed by atoms with van der Waals surface area (Å²) in [6.07, 6.45) is 0. The van der Waals surface area contributed by atoms with E-state index in [1.54, 1.807) is 0 Å². The fourth-order valence-electron chi connectivity index (χ4n) is 1.23. The maximum absolute atomic E-state index is 11.8. The van der Waals surface area contributed by atoms with Crippen LogP contribution in [0.1, 0.15) is 47.2 Å². The van der Waals surface area contributed by atoms with Crippen molar-refractivity contribution in [3.8, 4) is 0 Å². The Hall–Kier alpha value is -1.38. The van der Waals surface area contributed by atoms with Gasteiger partial charge in [-0.2, -0.15) is 0 Å². The number of nitrogens with one attached hydrogen (secondary N) is 1. The highest BCUT2D eigenvalue weighted by atomic mass is 16.2. The predicted octanol–water partition coefficient (Wildman–Crippen LogP) is 3.36. The van der Waals surface area contributed by atoms with Crippen LogP contribution in [0.25, 0.3) is 0 Å². The van der Waals surface area contributed by atoms with Crippen molar-refractivity contribution in [2.24, 2.45) is 5.41 Å². The molecule has 0 saturated carbocycles. The van der Waals surface area contributed by atoms with Gasteiger partial charge in [0, 0.05) is 16.5 Å². The van der Waals surface area contributed by atoms with E-state index in [1.165, 1.54) is 0 Å². The number of anilines is 1. The van der Waals surface area contributed by atoms with E-state index < -0.39 is 5.41 Å². The molecule has 1 N–H and O–H groups in total. The molecule has 0 saturated heterocycles. The van der Waals surface area contributed by atoms with Crippen molar-refractivity contribution in [1.29, 1.82) is 0 Å². The van der Waals surface area contributed by atoms with Gasteiger partial charge in [0.2, 0.25) is 5.91 Å². The zero-order valence-corrected chi connectivity index (χ0v) is 11.6. The minimum Gasteiger partial charge on any atom is -0.310 e. The Bertz CT molecular complexity index is 411. The molecular formula is C14H22N2O. The van der Waals surface area contributed by atoms with E-state index in [2.05, 4.69) is 31.1 Å². The normalized spacial score (nSPS) is 12.4. The molecule has 17 heavy (non-hydrogen) atoms. The molecule has 0 aromatic carbocycles. The molecule has 0 aliphatic carbocycles. The first kappa shape index (κ1) is 13.7. The first-order valence-electron chi connectivity index (χ1n) is 5.90. The summed E-state index contributed by atoms with van der Waals surface area (Å²) >= 11 is 0. The van der Waals surface area contributed by atoms with E-state index in [-0.39, 0.29) is 11.3 Å². The lowest BCUT2D eigenvalue weighted by Crippen LogP contribution is -2.28. The van der Waals surface area contributed by atoms with Gasteiger partial charge in [-0.1, -0.05) is 47.6 Å². The van der Waals surface area contributed by atoms with Gasteiger partial charge in [-0.25, -0.2) is 4.98 Å². The number of aromatic nitrogens is 1. The molecule has 3 nitrogen and oxygen atoms in total. The minimum atomic E-state index is -0.403. The van der Waals surface area contributed by atoms with E-state index in [9.17, 15) is 4.79 Å². The second-order valence-electron chi connectivity index (χ2n) is 6.36. The molecule has 0 fully saturated rings. The predicted molar refractivity (Wildman–Crippen MR) is 71.0 cm³/mol. The van der Waals surface area contributed by atoms with Gasteiger partial charge in [0.25, 0.3) is 0 Å². The lowest BCUT2D eigenvalue weighted by atomic mass is 9.91. The van der Waals surface area contributed by atoms with Crippen LogP contribution in [-0.2, 0) is 10.2 Å². The van der Waals surface area contributed by atoms with Gasteiger partial charge in [0.1, 0.15) is 5.82 Å². The second kappa shape index (κ2) is 4.47. The standard InChI is InChI=1S/C14H22N2O/c1-13(2,3)10-8-7-9-11(15-10)16-12(17)14(4,5)6/h7-9H,1-6H3,(H,15,16,17). The molecule has 0 bridgehead atoms. The molecule has 0 aliphatic rings. The molecule has 1 amide bonds. The van der Waals surface area contributed by atoms with Gasteiger partial charge in [0.15, 0.2) is 0 Å². The zero-order chi connectivity index (χ0) is 13.3. The van der Waals surface area contributed by atoms with Crippen molar-refractivity contribution in [2.45, 2.75) is 47.0 Å². The van der Waals surface area contributed by atoms with Crippen molar-refractivity contribution in [2.75, 3.05) is 5.32 Å². The van der Waals surface area contributed by atoms with Crippen LogP contribution in [0.4, 0.5) is 5.82 Å². The van der Waals surface area contributed by atoms with E-state index in [1.807, 2.05) is 39.0 Å². The number of carbonyl (C=O) groups is 1. The van der Waals surface area contributed by atoms with Gasteiger partial charge in [-0.3, -0.25) is 4.79 Å². The van der Waals surface area contributed by atoms with Gasteiger partial charge < -0.3 is 5.32 Å². The number of hydrogen-bond acceptors (Lipinski definition) is 2. The molecule has 1 rings (SSSR count). The van der Waals surface area contributed by atoms with E-state index in [4.69, 9.17) is 0 Å². The number of carbonyl (C=O) groups excluding carboxylic acids is 1. The van der Waals surface area contributed by atoms with E-state index >= 15 is 0 Å². The number of nitrogens with zero attached hydrogens (tertiary/aromatic N) is 1. The summed E-state index contributed by atoms with van der Waals surface area (Å²) in [6.45, 7) is 12.0. The molecule has 1 heterocycles. The molecule has 1 aromatic heterocycles. The van der Waals surface area contributed by atoms with Crippen LogP contribution in [0.3, 0.4) is 0 Å². The van der Waals surface area contributed by atoms with Crippen LogP contribution in [-0.4, -0.2) is 10.9 Å². The first-order chi connectivity index (χ1) is 7.60. The maximum atomic E-state index is 11.8. The lowest BCUT2D eigenvalue weighted by molar-refractivity contribution is -0.123. The highest BCUT2D eigenvalue weighted by Gasteiger charge is 2.22. The number of rotatable bonds is 1. The Morgan fingerprint density at radius 3 is 2.18 bits per heavy atom. The summed E-state index contributed by atoms with van der Waals surface area (Å²) in [4.78, 5) is 16.3. The van der Waals surface area contributed by atoms with Crippen LogP contribution in [0.15, 0.2) is 18.2 Å². The molecular weight excluding hydrogens is 212 g/mol. The average molecular weight is 234 g/mol. The third-order valence-electron chi connectivity index (χ3n) is 2.44.